The molecule has 1 aromatic carbocycles. The maximum absolute atomic E-state index is 13.4. The Morgan fingerprint density at radius 1 is 1.04 bits per heavy atom. The summed E-state index contributed by atoms with van der Waals surface area (Å²) in [5.74, 6) is 0. The van der Waals surface area contributed by atoms with Crippen molar-refractivity contribution in [3.63, 3.8) is 0 Å². The molecule has 1 N–H and O–H groups in total. The van der Waals surface area contributed by atoms with Gasteiger partial charge in [-0.25, -0.2) is 4.79 Å². The number of rotatable bonds is 0. The zero-order chi connectivity index (χ0) is 16.2. The first kappa shape index (κ1) is 14.2. The summed E-state index contributed by atoms with van der Waals surface area (Å²) < 4.78 is 40.3. The van der Waals surface area contributed by atoms with Gasteiger partial charge in [0.05, 0.1) is 11.3 Å². The van der Waals surface area contributed by atoms with Gasteiger partial charge in [-0.3, -0.25) is 0 Å². The molecule has 7 heteroatoms. The van der Waals surface area contributed by atoms with E-state index >= 15 is 0 Å². The summed E-state index contributed by atoms with van der Waals surface area (Å²) in [5.41, 5.74) is 0.413. The minimum Gasteiger partial charge on any atom is -0.339 e. The molecule has 1 aliphatic carbocycles. The Kier molecular flexibility index (Phi) is 2.94. The molecule has 2 aromatic heterocycles. The van der Waals surface area contributed by atoms with Gasteiger partial charge < -0.3 is 4.98 Å². The molecule has 4 rings (SSSR count). The predicted octanol–water partition coefficient (Wildman–Crippen LogP) is 3.37. The summed E-state index contributed by atoms with van der Waals surface area (Å²) in [7, 11) is 0. The molecular formula is C16H12F3N3O. The van der Waals surface area contributed by atoms with Gasteiger partial charge in [-0.05, 0) is 43.4 Å². The lowest BCUT2D eigenvalue weighted by atomic mass is 9.93. The molecule has 0 saturated carbocycles. The van der Waals surface area contributed by atoms with Crippen molar-refractivity contribution in [2.24, 2.45) is 0 Å². The van der Waals surface area contributed by atoms with Crippen LogP contribution in [0.15, 0.2) is 23.0 Å². The highest BCUT2D eigenvalue weighted by Crippen LogP contribution is 2.39. The molecule has 0 fully saturated rings. The van der Waals surface area contributed by atoms with E-state index in [1.165, 1.54) is 6.07 Å². The van der Waals surface area contributed by atoms with E-state index in [1.54, 1.807) is 6.07 Å². The summed E-state index contributed by atoms with van der Waals surface area (Å²) >= 11 is 0. The second kappa shape index (κ2) is 4.78. The molecule has 0 atom stereocenters. The number of alkyl halides is 3. The highest BCUT2D eigenvalue weighted by molar-refractivity contribution is 6.09. The third-order valence-corrected chi connectivity index (χ3v) is 4.29. The van der Waals surface area contributed by atoms with Crippen molar-refractivity contribution in [1.29, 1.82) is 0 Å². The van der Waals surface area contributed by atoms with Crippen LogP contribution in [0.4, 0.5) is 13.2 Å². The van der Waals surface area contributed by atoms with Crippen LogP contribution in [0.3, 0.4) is 0 Å². The van der Waals surface area contributed by atoms with E-state index in [4.69, 9.17) is 0 Å². The lowest BCUT2D eigenvalue weighted by molar-refractivity contribution is -0.136. The molecule has 0 saturated heterocycles. The zero-order valence-electron chi connectivity index (χ0n) is 12.0. The normalized spacial score (nSPS) is 15.1. The Hall–Kier alpha value is -2.44. The van der Waals surface area contributed by atoms with Gasteiger partial charge in [0, 0.05) is 16.3 Å². The standard InChI is InChI=1S/C16H12F3N3O/c17-16(18,19)9-5-3-7-11-13(9)12-8-4-1-2-6-10(8)21-15(23)22-14(12)20-11/h3,5,7H,1-2,4,6H2,(H,20,21,22,23). The Morgan fingerprint density at radius 3 is 2.61 bits per heavy atom. The molecule has 118 valence electrons. The van der Waals surface area contributed by atoms with Crippen molar-refractivity contribution in [2.45, 2.75) is 31.9 Å². The molecule has 2 heterocycles. The Balaban J connectivity index is 2.27. The van der Waals surface area contributed by atoms with E-state index in [2.05, 4.69) is 15.0 Å². The number of fused-ring (bicyclic) bond motifs is 5. The summed E-state index contributed by atoms with van der Waals surface area (Å²) in [5, 5.41) is 0.468. The average molecular weight is 319 g/mol. The summed E-state index contributed by atoms with van der Waals surface area (Å²) in [6.45, 7) is 0. The van der Waals surface area contributed by atoms with Crippen molar-refractivity contribution in [3.05, 3.63) is 45.5 Å². The molecule has 23 heavy (non-hydrogen) atoms. The quantitative estimate of drug-likeness (QED) is 0.691. The topological polar surface area (TPSA) is 58.6 Å². The molecule has 0 radical (unpaired) electrons. The van der Waals surface area contributed by atoms with Crippen LogP contribution in [0.5, 0.6) is 0 Å². The Bertz CT molecular complexity index is 992. The van der Waals surface area contributed by atoms with Gasteiger partial charge in [0.15, 0.2) is 0 Å². The van der Waals surface area contributed by atoms with Gasteiger partial charge >= 0.3 is 11.9 Å². The van der Waals surface area contributed by atoms with E-state index in [-0.39, 0.29) is 11.0 Å². The predicted molar refractivity (Wildman–Crippen MR) is 79.3 cm³/mol. The van der Waals surface area contributed by atoms with E-state index in [0.29, 0.717) is 35.0 Å². The number of nitrogens with zero attached hydrogens (tertiary/aromatic N) is 2. The monoisotopic (exact) mass is 319 g/mol. The zero-order valence-corrected chi connectivity index (χ0v) is 12.0. The van der Waals surface area contributed by atoms with Gasteiger partial charge in [-0.2, -0.15) is 23.1 Å². The smallest absolute Gasteiger partial charge is 0.339 e. The first-order chi connectivity index (χ1) is 10.9. The second-order valence-electron chi connectivity index (χ2n) is 5.71. The van der Waals surface area contributed by atoms with Crippen LogP contribution < -0.4 is 5.69 Å². The number of nitrogens with one attached hydrogen (secondary N) is 1. The average Bonchev–Trinajstić information content (AvgIpc) is 2.77. The molecule has 0 unspecified atom stereocenters. The molecule has 0 spiro atoms. The van der Waals surface area contributed by atoms with Gasteiger partial charge in [-0.15, -0.1) is 0 Å². The van der Waals surface area contributed by atoms with Crippen molar-refractivity contribution in [1.82, 2.24) is 15.0 Å². The van der Waals surface area contributed by atoms with Crippen molar-refractivity contribution in [2.75, 3.05) is 0 Å². The highest BCUT2D eigenvalue weighted by Gasteiger charge is 2.34. The first-order valence-corrected chi connectivity index (χ1v) is 7.37. The van der Waals surface area contributed by atoms with Crippen molar-refractivity contribution in [3.8, 4) is 0 Å². The minimum absolute atomic E-state index is 0.0815. The summed E-state index contributed by atoms with van der Waals surface area (Å²) in [6, 6.07) is 3.98. The summed E-state index contributed by atoms with van der Waals surface area (Å²) in [4.78, 5) is 22.5. The lowest BCUT2D eigenvalue weighted by Gasteiger charge is -2.13. The van der Waals surface area contributed by atoms with E-state index in [9.17, 15) is 18.0 Å². The number of hydrogen-bond acceptors (Lipinski definition) is 3. The van der Waals surface area contributed by atoms with E-state index in [0.717, 1.165) is 18.9 Å². The number of H-pyrrole nitrogens is 1. The van der Waals surface area contributed by atoms with Crippen LogP contribution in [0.25, 0.3) is 21.9 Å². The summed E-state index contributed by atoms with van der Waals surface area (Å²) in [6.07, 6.45) is -1.54. The van der Waals surface area contributed by atoms with Gasteiger partial charge in [-0.1, -0.05) is 6.07 Å². The molecule has 0 bridgehead atoms. The van der Waals surface area contributed by atoms with Gasteiger partial charge in [0.1, 0.15) is 5.65 Å². The van der Waals surface area contributed by atoms with Crippen LogP contribution in [0, 0.1) is 0 Å². The number of aromatic amines is 1. The molecule has 3 aromatic rings. The van der Waals surface area contributed by atoms with Gasteiger partial charge in [0.25, 0.3) is 0 Å². The second-order valence-corrected chi connectivity index (χ2v) is 5.71. The third-order valence-electron chi connectivity index (χ3n) is 4.29. The minimum atomic E-state index is -4.47. The fourth-order valence-corrected chi connectivity index (χ4v) is 3.37. The van der Waals surface area contributed by atoms with Crippen molar-refractivity contribution < 1.29 is 13.2 Å². The number of aryl methyl sites for hydroxylation is 2. The number of halogens is 3. The van der Waals surface area contributed by atoms with E-state index < -0.39 is 17.4 Å². The van der Waals surface area contributed by atoms with Crippen LogP contribution in [0.1, 0.15) is 29.7 Å². The van der Waals surface area contributed by atoms with E-state index in [1.807, 2.05) is 0 Å². The largest absolute Gasteiger partial charge is 0.417 e. The highest BCUT2D eigenvalue weighted by atomic mass is 19.4. The number of benzene rings is 1. The molecule has 1 aliphatic rings. The first-order valence-electron chi connectivity index (χ1n) is 7.37. The lowest BCUT2D eigenvalue weighted by Crippen LogP contribution is -2.11. The molecule has 0 aliphatic heterocycles. The van der Waals surface area contributed by atoms with Crippen LogP contribution in [0.2, 0.25) is 0 Å². The van der Waals surface area contributed by atoms with Crippen LogP contribution >= 0.6 is 0 Å². The fraction of sp³-hybridized carbons (Fsp3) is 0.312. The van der Waals surface area contributed by atoms with Gasteiger partial charge in [0.2, 0.25) is 0 Å². The molecule has 0 amide bonds. The fourth-order valence-electron chi connectivity index (χ4n) is 3.37. The third kappa shape index (κ3) is 2.18. The maximum atomic E-state index is 13.4. The Morgan fingerprint density at radius 2 is 1.83 bits per heavy atom. The SMILES string of the molecule is O=c1nc2c(c3c(n1)[nH]c1cccc(C(F)(F)F)c13)CCCC2. The maximum Gasteiger partial charge on any atom is 0.417 e. The number of hydrogen-bond donors (Lipinski definition) is 1. The molecule has 4 nitrogen and oxygen atoms in total. The van der Waals surface area contributed by atoms with Crippen LogP contribution in [-0.2, 0) is 19.0 Å². The Labute approximate surface area is 128 Å². The van der Waals surface area contributed by atoms with Crippen molar-refractivity contribution >= 4 is 21.9 Å². The van der Waals surface area contributed by atoms with Crippen LogP contribution in [-0.4, -0.2) is 15.0 Å². The number of aromatic nitrogens is 3. The molecular weight excluding hydrogens is 307 g/mol.